The lowest BCUT2D eigenvalue weighted by atomic mass is 10.1. The first-order valence-electron chi connectivity index (χ1n) is 6.38. The van der Waals surface area contributed by atoms with E-state index in [1.54, 1.807) is 45.2 Å². The fraction of sp³-hybridized carbons (Fsp3) is 0.250. The fourth-order valence-corrected chi connectivity index (χ4v) is 4.09. The summed E-state index contributed by atoms with van der Waals surface area (Å²) >= 11 is 3.32. The van der Waals surface area contributed by atoms with Crippen LogP contribution in [-0.2, 0) is 19.6 Å². The zero-order chi connectivity index (χ0) is 20.4. The molecule has 0 aliphatic rings. The van der Waals surface area contributed by atoms with E-state index in [9.17, 15) is 36.0 Å². The van der Waals surface area contributed by atoms with Crippen LogP contribution in [0.5, 0.6) is 0 Å². The Bertz CT molecular complexity index is 887. The highest BCUT2D eigenvalue weighted by atomic mass is 127. The fourth-order valence-electron chi connectivity index (χ4n) is 1.60. The van der Waals surface area contributed by atoms with Gasteiger partial charge in [0.2, 0.25) is 11.8 Å². The van der Waals surface area contributed by atoms with Crippen LogP contribution in [0.15, 0.2) is 6.07 Å². The van der Waals surface area contributed by atoms with Gasteiger partial charge in [0.25, 0.3) is 5.91 Å². The Kier molecular flexibility index (Phi) is 7.25. The van der Waals surface area contributed by atoms with Gasteiger partial charge in [0, 0.05) is 13.8 Å². The molecule has 0 unspecified atom stereocenters. The molecule has 0 atom stereocenters. The highest BCUT2D eigenvalue weighted by molar-refractivity contribution is 14.1. The van der Waals surface area contributed by atoms with Crippen LogP contribution in [0.1, 0.15) is 24.2 Å². The second-order valence-corrected chi connectivity index (χ2v) is 8.55. The SMILES string of the molecule is CC(=O)Nc1cc(C(=O)NS(=O)(=O)C(F)(F)F)c(I)c(NC(C)=O)c1I. The lowest BCUT2D eigenvalue weighted by Crippen LogP contribution is -2.40. The number of hydrogen-bond acceptors (Lipinski definition) is 5. The monoisotopic (exact) mass is 619 g/mol. The molecular formula is C12H10F3I2N3O5S. The van der Waals surface area contributed by atoms with Crippen molar-refractivity contribution in [2.45, 2.75) is 19.4 Å². The number of amides is 3. The van der Waals surface area contributed by atoms with Gasteiger partial charge < -0.3 is 10.6 Å². The standard InChI is InChI=1S/C12H10F3I2N3O5S/c1-4(21)18-7-3-6(8(16)10(9(7)17)19-5(2)22)11(23)20-26(24,25)12(13,14)15/h3H,1-2H3,(H,18,21)(H,19,22)(H,20,23). The number of carbonyl (C=O) groups excluding carboxylic acids is 3. The molecule has 0 heterocycles. The Morgan fingerprint density at radius 3 is 1.92 bits per heavy atom. The second kappa shape index (κ2) is 8.24. The molecule has 0 bridgehead atoms. The maximum Gasteiger partial charge on any atom is 0.516 e. The quantitative estimate of drug-likeness (QED) is 0.448. The summed E-state index contributed by atoms with van der Waals surface area (Å²) in [5.41, 5.74) is -6.11. The predicted molar refractivity (Wildman–Crippen MR) is 103 cm³/mol. The van der Waals surface area contributed by atoms with Crippen LogP contribution in [0, 0.1) is 7.14 Å². The molecule has 1 aromatic carbocycles. The van der Waals surface area contributed by atoms with Gasteiger partial charge in [-0.05, 0) is 51.2 Å². The molecule has 0 saturated carbocycles. The number of anilines is 2. The third-order valence-corrected chi connectivity index (χ3v) is 5.89. The van der Waals surface area contributed by atoms with E-state index in [2.05, 4.69) is 10.6 Å². The van der Waals surface area contributed by atoms with Gasteiger partial charge >= 0.3 is 15.5 Å². The number of alkyl halides is 3. The molecule has 0 saturated heterocycles. The summed E-state index contributed by atoms with van der Waals surface area (Å²) in [4.78, 5) is 34.7. The van der Waals surface area contributed by atoms with Gasteiger partial charge in [-0.15, -0.1) is 0 Å². The Morgan fingerprint density at radius 1 is 1.00 bits per heavy atom. The number of halogens is 5. The van der Waals surface area contributed by atoms with Gasteiger partial charge in [-0.3, -0.25) is 14.4 Å². The van der Waals surface area contributed by atoms with Crippen molar-refractivity contribution in [1.29, 1.82) is 0 Å². The summed E-state index contributed by atoms with van der Waals surface area (Å²) in [6.45, 7) is 2.31. The number of rotatable bonds is 4. The molecule has 3 amide bonds. The minimum atomic E-state index is -5.92. The van der Waals surface area contributed by atoms with Crippen LogP contribution in [0.2, 0.25) is 0 Å². The van der Waals surface area contributed by atoms with Crippen LogP contribution < -0.4 is 15.4 Å². The minimum absolute atomic E-state index is 0.00817. The first-order chi connectivity index (χ1) is 11.7. The largest absolute Gasteiger partial charge is 0.516 e. The maximum atomic E-state index is 12.5. The van der Waals surface area contributed by atoms with Gasteiger partial charge in [0.15, 0.2) is 0 Å². The highest BCUT2D eigenvalue weighted by Crippen LogP contribution is 2.34. The van der Waals surface area contributed by atoms with Gasteiger partial charge in [-0.2, -0.15) is 21.6 Å². The first kappa shape index (κ1) is 22.9. The molecule has 0 aromatic heterocycles. The Labute approximate surface area is 173 Å². The Balaban J connectivity index is 3.52. The third-order valence-electron chi connectivity index (χ3n) is 2.59. The minimum Gasteiger partial charge on any atom is -0.325 e. The number of hydrogen-bond donors (Lipinski definition) is 3. The number of sulfonamides is 1. The molecule has 0 fully saturated rings. The molecule has 3 N–H and O–H groups in total. The van der Waals surface area contributed by atoms with Gasteiger partial charge in [0.1, 0.15) is 0 Å². The van der Waals surface area contributed by atoms with E-state index in [0.29, 0.717) is 3.57 Å². The Hall–Kier alpha value is -1.17. The van der Waals surface area contributed by atoms with Crippen molar-refractivity contribution in [2.24, 2.45) is 0 Å². The van der Waals surface area contributed by atoms with Crippen LogP contribution in [0.25, 0.3) is 0 Å². The van der Waals surface area contributed by atoms with Crippen molar-refractivity contribution in [2.75, 3.05) is 10.6 Å². The molecule has 0 radical (unpaired) electrons. The van der Waals surface area contributed by atoms with Gasteiger partial charge in [0.05, 0.1) is 24.1 Å². The predicted octanol–water partition coefficient (Wildman–Crippen LogP) is 2.39. The summed E-state index contributed by atoms with van der Waals surface area (Å²) in [6.07, 6.45) is 0. The Morgan fingerprint density at radius 2 is 1.50 bits per heavy atom. The summed E-state index contributed by atoms with van der Waals surface area (Å²) in [6, 6.07) is 1.01. The smallest absolute Gasteiger partial charge is 0.325 e. The lowest BCUT2D eigenvalue weighted by molar-refractivity contribution is -0.115. The highest BCUT2D eigenvalue weighted by Gasteiger charge is 2.47. The third kappa shape index (κ3) is 5.41. The molecule has 1 rings (SSSR count). The van der Waals surface area contributed by atoms with E-state index in [4.69, 9.17) is 0 Å². The van der Waals surface area contributed by atoms with Crippen molar-refractivity contribution in [3.8, 4) is 0 Å². The van der Waals surface area contributed by atoms with Crippen molar-refractivity contribution >= 4 is 84.3 Å². The summed E-state index contributed by atoms with van der Waals surface area (Å²) in [5.74, 6) is -2.66. The summed E-state index contributed by atoms with van der Waals surface area (Å²) in [5, 5.41) is 4.74. The van der Waals surface area contributed by atoms with E-state index < -0.39 is 38.8 Å². The van der Waals surface area contributed by atoms with Crippen LogP contribution in [0.4, 0.5) is 24.5 Å². The van der Waals surface area contributed by atoms with Crippen LogP contribution >= 0.6 is 45.2 Å². The average Bonchev–Trinajstić information content (AvgIpc) is 2.43. The molecule has 144 valence electrons. The van der Waals surface area contributed by atoms with E-state index in [1.807, 2.05) is 0 Å². The summed E-state index contributed by atoms with van der Waals surface area (Å²) in [7, 11) is -5.92. The van der Waals surface area contributed by atoms with E-state index in [1.165, 1.54) is 0 Å². The van der Waals surface area contributed by atoms with Crippen LogP contribution in [-0.4, -0.2) is 31.6 Å². The summed E-state index contributed by atoms with van der Waals surface area (Å²) < 4.78 is 60.8. The topological polar surface area (TPSA) is 121 Å². The number of nitrogens with one attached hydrogen (secondary N) is 3. The molecule has 8 nitrogen and oxygen atoms in total. The van der Waals surface area contributed by atoms with E-state index in [0.717, 1.165) is 24.6 Å². The zero-order valence-electron chi connectivity index (χ0n) is 12.9. The van der Waals surface area contributed by atoms with E-state index >= 15 is 0 Å². The molecular weight excluding hydrogens is 609 g/mol. The van der Waals surface area contributed by atoms with Crippen molar-refractivity contribution < 1.29 is 36.0 Å². The van der Waals surface area contributed by atoms with E-state index in [-0.39, 0.29) is 14.9 Å². The zero-order valence-corrected chi connectivity index (χ0v) is 18.0. The first-order valence-corrected chi connectivity index (χ1v) is 10.0. The number of benzene rings is 1. The van der Waals surface area contributed by atoms with Gasteiger partial charge in [-0.1, -0.05) is 0 Å². The van der Waals surface area contributed by atoms with Gasteiger partial charge in [-0.25, -0.2) is 4.72 Å². The second-order valence-electron chi connectivity index (χ2n) is 4.72. The molecule has 26 heavy (non-hydrogen) atoms. The number of carbonyl (C=O) groups is 3. The maximum absolute atomic E-state index is 12.5. The molecule has 1 aromatic rings. The molecule has 14 heteroatoms. The van der Waals surface area contributed by atoms with Crippen molar-refractivity contribution in [3.63, 3.8) is 0 Å². The normalized spacial score (nSPS) is 11.7. The average molecular weight is 619 g/mol. The molecule has 0 spiro atoms. The van der Waals surface area contributed by atoms with Crippen molar-refractivity contribution in [3.05, 3.63) is 18.8 Å². The van der Waals surface area contributed by atoms with Crippen LogP contribution in [0.3, 0.4) is 0 Å². The lowest BCUT2D eigenvalue weighted by Gasteiger charge is -2.17. The molecule has 0 aliphatic carbocycles. The van der Waals surface area contributed by atoms with Crippen molar-refractivity contribution in [1.82, 2.24) is 4.72 Å². The molecule has 0 aliphatic heterocycles.